The van der Waals surface area contributed by atoms with Crippen LogP contribution in [0.5, 0.6) is 0 Å². The summed E-state index contributed by atoms with van der Waals surface area (Å²) in [6.07, 6.45) is 0. The van der Waals surface area contributed by atoms with Gasteiger partial charge in [-0.1, -0.05) is 60.7 Å². The number of hydrogen-bond acceptors (Lipinski definition) is 4. The number of ether oxygens (including phenoxy) is 1. The number of amides is 2. The summed E-state index contributed by atoms with van der Waals surface area (Å²) in [5.74, 6) is -1.19. The molecule has 148 valence electrons. The van der Waals surface area contributed by atoms with Crippen molar-refractivity contribution in [2.75, 3.05) is 45.9 Å². The van der Waals surface area contributed by atoms with Gasteiger partial charge in [0.1, 0.15) is 0 Å². The number of rotatable bonds is 7. The van der Waals surface area contributed by atoms with Gasteiger partial charge in [-0.25, -0.2) is 0 Å². The molecule has 2 aromatic rings. The molecule has 3 rings (SSSR count). The van der Waals surface area contributed by atoms with Crippen LogP contribution in [-0.4, -0.2) is 62.7 Å². The van der Waals surface area contributed by atoms with Crippen molar-refractivity contribution >= 4 is 11.8 Å². The lowest BCUT2D eigenvalue weighted by Gasteiger charge is -2.26. The van der Waals surface area contributed by atoms with Crippen molar-refractivity contribution < 1.29 is 14.3 Å². The van der Waals surface area contributed by atoms with Crippen molar-refractivity contribution in [3.63, 3.8) is 0 Å². The maximum atomic E-state index is 12.2. The van der Waals surface area contributed by atoms with Gasteiger partial charge in [0.2, 0.25) is 0 Å². The maximum Gasteiger partial charge on any atom is 0.309 e. The third kappa shape index (κ3) is 5.90. The molecule has 1 fully saturated rings. The number of nitrogens with zero attached hydrogens (tertiary/aromatic N) is 1. The van der Waals surface area contributed by atoms with E-state index in [9.17, 15) is 9.59 Å². The second-order valence-corrected chi connectivity index (χ2v) is 6.79. The van der Waals surface area contributed by atoms with E-state index in [-0.39, 0.29) is 5.92 Å². The molecule has 6 nitrogen and oxygen atoms in total. The molecule has 0 atom stereocenters. The van der Waals surface area contributed by atoms with Gasteiger partial charge in [0.15, 0.2) is 0 Å². The summed E-state index contributed by atoms with van der Waals surface area (Å²) < 4.78 is 5.30. The Morgan fingerprint density at radius 3 is 1.96 bits per heavy atom. The SMILES string of the molecule is O=C(NCCN1CCOCC1)C(=O)NCC(c1ccccc1)c1ccccc1. The fraction of sp³-hybridized carbons (Fsp3) is 0.364. The quantitative estimate of drug-likeness (QED) is 0.711. The molecule has 1 aliphatic heterocycles. The number of carbonyl (C=O) groups excluding carboxylic acids is 2. The lowest BCUT2D eigenvalue weighted by Crippen LogP contribution is -2.45. The average Bonchev–Trinajstić information content (AvgIpc) is 2.76. The Morgan fingerprint density at radius 1 is 0.857 bits per heavy atom. The number of carbonyl (C=O) groups is 2. The zero-order valence-electron chi connectivity index (χ0n) is 16.0. The standard InChI is InChI=1S/C22H27N3O3/c26-21(23-11-12-25-13-15-28-16-14-25)22(27)24-17-20(18-7-3-1-4-8-18)19-9-5-2-6-10-19/h1-10,20H,11-17H2,(H,23,26)(H,24,27). The summed E-state index contributed by atoms with van der Waals surface area (Å²) in [5, 5.41) is 5.48. The summed E-state index contributed by atoms with van der Waals surface area (Å²) >= 11 is 0. The van der Waals surface area contributed by atoms with Gasteiger partial charge in [-0.2, -0.15) is 0 Å². The molecule has 2 aromatic carbocycles. The molecule has 6 heteroatoms. The van der Waals surface area contributed by atoms with Gasteiger partial charge in [0.25, 0.3) is 0 Å². The van der Waals surface area contributed by atoms with Crippen molar-refractivity contribution in [3.8, 4) is 0 Å². The zero-order chi connectivity index (χ0) is 19.6. The van der Waals surface area contributed by atoms with Crippen molar-refractivity contribution in [2.45, 2.75) is 5.92 Å². The number of hydrogen-bond donors (Lipinski definition) is 2. The predicted octanol–water partition coefficient (Wildman–Crippen LogP) is 1.38. The van der Waals surface area contributed by atoms with Gasteiger partial charge < -0.3 is 15.4 Å². The molecule has 0 saturated carbocycles. The van der Waals surface area contributed by atoms with Crippen molar-refractivity contribution in [3.05, 3.63) is 71.8 Å². The molecule has 1 saturated heterocycles. The van der Waals surface area contributed by atoms with E-state index in [2.05, 4.69) is 15.5 Å². The summed E-state index contributed by atoms with van der Waals surface area (Å²) in [4.78, 5) is 26.6. The molecule has 0 radical (unpaired) electrons. The summed E-state index contributed by atoms with van der Waals surface area (Å²) in [6, 6.07) is 20.0. The second kappa shape index (κ2) is 10.6. The Kier molecular flexibility index (Phi) is 7.58. The van der Waals surface area contributed by atoms with Crippen LogP contribution in [0.4, 0.5) is 0 Å². The summed E-state index contributed by atoms with van der Waals surface area (Å²) in [7, 11) is 0. The van der Waals surface area contributed by atoms with Gasteiger partial charge >= 0.3 is 11.8 Å². The van der Waals surface area contributed by atoms with E-state index in [1.54, 1.807) is 0 Å². The van der Waals surface area contributed by atoms with Gasteiger partial charge in [0.05, 0.1) is 13.2 Å². The topological polar surface area (TPSA) is 70.7 Å². The molecule has 28 heavy (non-hydrogen) atoms. The first-order chi connectivity index (χ1) is 13.7. The van der Waals surface area contributed by atoms with E-state index in [0.29, 0.717) is 13.1 Å². The zero-order valence-corrected chi connectivity index (χ0v) is 16.0. The van der Waals surface area contributed by atoms with E-state index in [1.165, 1.54) is 0 Å². The Hall–Kier alpha value is -2.70. The minimum atomic E-state index is -0.598. The monoisotopic (exact) mass is 381 g/mol. The summed E-state index contributed by atoms with van der Waals surface area (Å²) in [6.45, 7) is 4.69. The van der Waals surface area contributed by atoms with Gasteiger partial charge in [0, 0.05) is 38.6 Å². The lowest BCUT2D eigenvalue weighted by molar-refractivity contribution is -0.139. The van der Waals surface area contributed by atoms with E-state index in [4.69, 9.17) is 4.74 Å². The Labute approximate surface area is 165 Å². The first-order valence-electron chi connectivity index (χ1n) is 9.70. The van der Waals surface area contributed by atoms with Crippen molar-refractivity contribution in [2.24, 2.45) is 0 Å². The van der Waals surface area contributed by atoms with Crippen LogP contribution in [0.3, 0.4) is 0 Å². The normalized spacial score (nSPS) is 14.6. The van der Waals surface area contributed by atoms with Gasteiger partial charge in [-0.05, 0) is 11.1 Å². The number of morpholine rings is 1. The minimum absolute atomic E-state index is 0.00694. The van der Waals surface area contributed by atoms with Crippen LogP contribution in [-0.2, 0) is 14.3 Å². The fourth-order valence-electron chi connectivity index (χ4n) is 3.31. The van der Waals surface area contributed by atoms with E-state index in [1.807, 2.05) is 60.7 Å². The van der Waals surface area contributed by atoms with Crippen LogP contribution < -0.4 is 10.6 Å². The number of benzene rings is 2. The van der Waals surface area contributed by atoms with Crippen molar-refractivity contribution in [1.82, 2.24) is 15.5 Å². The van der Waals surface area contributed by atoms with Crippen LogP contribution in [0.2, 0.25) is 0 Å². The maximum absolute atomic E-state index is 12.2. The van der Waals surface area contributed by atoms with E-state index < -0.39 is 11.8 Å². The van der Waals surface area contributed by atoms with Crippen LogP contribution in [0.15, 0.2) is 60.7 Å². The van der Waals surface area contributed by atoms with Crippen LogP contribution in [0, 0.1) is 0 Å². The smallest absolute Gasteiger partial charge is 0.309 e. The highest BCUT2D eigenvalue weighted by Crippen LogP contribution is 2.23. The molecule has 1 aliphatic rings. The molecule has 0 aromatic heterocycles. The molecule has 1 heterocycles. The second-order valence-electron chi connectivity index (χ2n) is 6.79. The Balaban J connectivity index is 1.51. The third-order valence-electron chi connectivity index (χ3n) is 4.89. The molecule has 2 amide bonds. The minimum Gasteiger partial charge on any atom is -0.379 e. The number of nitrogens with one attached hydrogen (secondary N) is 2. The van der Waals surface area contributed by atoms with E-state index in [0.717, 1.165) is 44.0 Å². The molecule has 0 bridgehead atoms. The van der Waals surface area contributed by atoms with Gasteiger partial charge in [-0.15, -0.1) is 0 Å². The van der Waals surface area contributed by atoms with Crippen molar-refractivity contribution in [1.29, 1.82) is 0 Å². The molecule has 0 aliphatic carbocycles. The molecule has 2 N–H and O–H groups in total. The Bertz CT molecular complexity index is 707. The fourth-order valence-corrected chi connectivity index (χ4v) is 3.31. The first kappa shape index (κ1) is 20.0. The molecule has 0 unspecified atom stereocenters. The lowest BCUT2D eigenvalue weighted by atomic mass is 9.91. The molecular formula is C22H27N3O3. The van der Waals surface area contributed by atoms with Crippen LogP contribution >= 0.6 is 0 Å². The molecular weight excluding hydrogens is 354 g/mol. The molecule has 0 spiro atoms. The Morgan fingerprint density at radius 2 is 1.39 bits per heavy atom. The first-order valence-corrected chi connectivity index (χ1v) is 9.70. The largest absolute Gasteiger partial charge is 0.379 e. The van der Waals surface area contributed by atoms with Crippen LogP contribution in [0.1, 0.15) is 17.0 Å². The highest BCUT2D eigenvalue weighted by atomic mass is 16.5. The van der Waals surface area contributed by atoms with Gasteiger partial charge in [-0.3, -0.25) is 14.5 Å². The summed E-state index contributed by atoms with van der Waals surface area (Å²) in [5.41, 5.74) is 2.20. The van der Waals surface area contributed by atoms with Crippen LogP contribution in [0.25, 0.3) is 0 Å². The average molecular weight is 381 g/mol. The highest BCUT2D eigenvalue weighted by Gasteiger charge is 2.19. The highest BCUT2D eigenvalue weighted by molar-refractivity contribution is 6.35. The van der Waals surface area contributed by atoms with E-state index >= 15 is 0 Å². The predicted molar refractivity (Wildman–Crippen MR) is 108 cm³/mol. The third-order valence-corrected chi connectivity index (χ3v) is 4.89.